The van der Waals surface area contributed by atoms with E-state index in [0.717, 1.165) is 19.4 Å². The van der Waals surface area contributed by atoms with Crippen molar-refractivity contribution in [3.63, 3.8) is 0 Å². The molecule has 18 heavy (non-hydrogen) atoms. The summed E-state index contributed by atoms with van der Waals surface area (Å²) in [4.78, 5) is 22.0. The average Bonchev–Trinajstić information content (AvgIpc) is 2.80. The molecule has 1 aromatic heterocycles. The van der Waals surface area contributed by atoms with Gasteiger partial charge in [0.05, 0.1) is 18.8 Å². The number of carboxylic acid groups (broad SMARTS) is 1. The van der Waals surface area contributed by atoms with Crippen LogP contribution in [0.25, 0.3) is 0 Å². The fraction of sp³-hybridized carbons (Fsp3) is 0.600. The lowest BCUT2D eigenvalue weighted by Gasteiger charge is -2.22. The third kappa shape index (κ3) is 3.04. The van der Waals surface area contributed by atoms with Crippen molar-refractivity contribution in [1.29, 1.82) is 0 Å². The Morgan fingerprint density at radius 1 is 1.67 bits per heavy atom. The standard InChI is InChI=1S/C10H15N5O3/c16-9-7(2-1-3-12-9)11-4-5-15-6-8(10(17)18)13-14-15/h6-7,11H,1-5H2,(H,12,16)(H,17,18). The predicted octanol–water partition coefficient (Wildman–Crippen LogP) is -1.16. The second-order valence-corrected chi connectivity index (χ2v) is 4.11. The Morgan fingerprint density at radius 3 is 3.17 bits per heavy atom. The van der Waals surface area contributed by atoms with E-state index >= 15 is 0 Å². The van der Waals surface area contributed by atoms with Gasteiger partial charge in [0.2, 0.25) is 5.91 Å². The van der Waals surface area contributed by atoms with Crippen LogP contribution < -0.4 is 10.6 Å². The lowest BCUT2D eigenvalue weighted by atomic mass is 10.1. The van der Waals surface area contributed by atoms with E-state index < -0.39 is 5.97 Å². The van der Waals surface area contributed by atoms with Gasteiger partial charge in [0.15, 0.2) is 5.69 Å². The molecular formula is C10H15N5O3. The third-order valence-electron chi connectivity index (χ3n) is 2.77. The molecule has 3 N–H and O–H groups in total. The summed E-state index contributed by atoms with van der Waals surface area (Å²) in [5.74, 6) is -1.08. The Balaban J connectivity index is 1.77. The first-order chi connectivity index (χ1) is 8.66. The zero-order valence-corrected chi connectivity index (χ0v) is 9.80. The highest BCUT2D eigenvalue weighted by molar-refractivity contribution is 5.84. The molecule has 2 heterocycles. The molecular weight excluding hydrogens is 238 g/mol. The summed E-state index contributed by atoms with van der Waals surface area (Å²) in [5.41, 5.74) is -0.0783. The van der Waals surface area contributed by atoms with E-state index in [4.69, 9.17) is 5.11 Å². The molecule has 0 spiro atoms. The van der Waals surface area contributed by atoms with E-state index in [2.05, 4.69) is 20.9 Å². The molecule has 0 bridgehead atoms. The van der Waals surface area contributed by atoms with E-state index in [-0.39, 0.29) is 17.6 Å². The van der Waals surface area contributed by atoms with Crippen LogP contribution in [0.3, 0.4) is 0 Å². The SMILES string of the molecule is O=C(O)c1cn(CCNC2CCCNC2=O)nn1. The molecule has 8 heteroatoms. The Labute approximate surface area is 103 Å². The molecule has 1 aromatic rings. The summed E-state index contributed by atoms with van der Waals surface area (Å²) < 4.78 is 1.44. The molecule has 98 valence electrons. The lowest BCUT2D eigenvalue weighted by Crippen LogP contribution is -2.48. The van der Waals surface area contributed by atoms with Crippen LogP contribution in [0.1, 0.15) is 23.3 Å². The molecule has 0 aliphatic carbocycles. The average molecular weight is 253 g/mol. The Hall–Kier alpha value is -1.96. The molecule has 1 saturated heterocycles. The molecule has 8 nitrogen and oxygen atoms in total. The van der Waals surface area contributed by atoms with Crippen molar-refractivity contribution in [2.24, 2.45) is 0 Å². The highest BCUT2D eigenvalue weighted by atomic mass is 16.4. The number of aromatic carboxylic acids is 1. The number of nitrogens with one attached hydrogen (secondary N) is 2. The highest BCUT2D eigenvalue weighted by Gasteiger charge is 2.20. The second kappa shape index (κ2) is 5.58. The smallest absolute Gasteiger partial charge is 0.358 e. The minimum Gasteiger partial charge on any atom is -0.476 e. The molecule has 1 amide bonds. The summed E-state index contributed by atoms with van der Waals surface area (Å²) >= 11 is 0. The zero-order valence-electron chi connectivity index (χ0n) is 9.80. The van der Waals surface area contributed by atoms with Gasteiger partial charge in [-0.25, -0.2) is 4.79 Å². The molecule has 0 radical (unpaired) electrons. The van der Waals surface area contributed by atoms with Gasteiger partial charge in [-0.2, -0.15) is 0 Å². The number of carbonyl (C=O) groups is 2. The van der Waals surface area contributed by atoms with Gasteiger partial charge in [-0.15, -0.1) is 5.10 Å². The summed E-state index contributed by atoms with van der Waals surface area (Å²) in [6, 6.07) is -0.166. The second-order valence-electron chi connectivity index (χ2n) is 4.11. The van der Waals surface area contributed by atoms with Gasteiger partial charge in [0.1, 0.15) is 0 Å². The first kappa shape index (κ1) is 12.5. The topological polar surface area (TPSA) is 109 Å². The van der Waals surface area contributed by atoms with Crippen LogP contribution >= 0.6 is 0 Å². The molecule has 1 aliphatic heterocycles. The number of carboxylic acids is 1. The van der Waals surface area contributed by atoms with Crippen LogP contribution in [0.4, 0.5) is 0 Å². The van der Waals surface area contributed by atoms with Crippen molar-refractivity contribution in [1.82, 2.24) is 25.6 Å². The van der Waals surface area contributed by atoms with Crippen LogP contribution in [-0.2, 0) is 11.3 Å². The van der Waals surface area contributed by atoms with Crippen molar-refractivity contribution in [3.05, 3.63) is 11.9 Å². The largest absolute Gasteiger partial charge is 0.476 e. The summed E-state index contributed by atoms with van der Waals surface area (Å²) in [5, 5.41) is 21.8. The van der Waals surface area contributed by atoms with Gasteiger partial charge in [-0.05, 0) is 12.8 Å². The van der Waals surface area contributed by atoms with Gasteiger partial charge in [0, 0.05) is 13.1 Å². The van der Waals surface area contributed by atoms with Crippen LogP contribution in [0.15, 0.2) is 6.20 Å². The fourth-order valence-electron chi connectivity index (χ4n) is 1.83. The number of amides is 1. The normalized spacial score (nSPS) is 19.6. The number of piperidine rings is 1. The predicted molar refractivity (Wildman–Crippen MR) is 61.0 cm³/mol. The molecule has 2 rings (SSSR count). The van der Waals surface area contributed by atoms with Crippen LogP contribution in [-0.4, -0.2) is 51.1 Å². The molecule has 1 fully saturated rings. The van der Waals surface area contributed by atoms with Gasteiger partial charge < -0.3 is 15.7 Å². The molecule has 0 saturated carbocycles. The molecule has 1 aliphatic rings. The maximum absolute atomic E-state index is 11.4. The van der Waals surface area contributed by atoms with E-state index in [0.29, 0.717) is 13.1 Å². The molecule has 1 atom stereocenters. The number of rotatable bonds is 5. The number of nitrogens with zero attached hydrogens (tertiary/aromatic N) is 3. The highest BCUT2D eigenvalue weighted by Crippen LogP contribution is 2.02. The van der Waals surface area contributed by atoms with Gasteiger partial charge in [-0.1, -0.05) is 5.21 Å². The quantitative estimate of drug-likeness (QED) is 0.611. The summed E-state index contributed by atoms with van der Waals surface area (Å²) in [6.07, 6.45) is 3.16. The van der Waals surface area contributed by atoms with E-state index in [9.17, 15) is 9.59 Å². The Kier molecular flexibility index (Phi) is 3.88. The molecule has 0 aromatic carbocycles. The lowest BCUT2D eigenvalue weighted by molar-refractivity contribution is -0.124. The maximum Gasteiger partial charge on any atom is 0.358 e. The monoisotopic (exact) mass is 253 g/mol. The number of carbonyl (C=O) groups excluding carboxylic acids is 1. The first-order valence-corrected chi connectivity index (χ1v) is 5.81. The first-order valence-electron chi connectivity index (χ1n) is 5.81. The summed E-state index contributed by atoms with van der Waals surface area (Å²) in [6.45, 7) is 1.76. The zero-order chi connectivity index (χ0) is 13.0. The number of hydrogen-bond acceptors (Lipinski definition) is 5. The maximum atomic E-state index is 11.4. The van der Waals surface area contributed by atoms with Crippen LogP contribution in [0.5, 0.6) is 0 Å². The number of hydrogen-bond donors (Lipinski definition) is 3. The van der Waals surface area contributed by atoms with E-state index in [1.807, 2.05) is 0 Å². The Morgan fingerprint density at radius 2 is 2.50 bits per heavy atom. The summed E-state index contributed by atoms with van der Waals surface area (Å²) in [7, 11) is 0. The fourth-order valence-corrected chi connectivity index (χ4v) is 1.83. The third-order valence-corrected chi connectivity index (χ3v) is 2.77. The van der Waals surface area contributed by atoms with Crippen molar-refractivity contribution in [2.45, 2.75) is 25.4 Å². The Bertz CT molecular complexity index is 444. The molecule has 1 unspecified atom stereocenters. The minimum atomic E-state index is -1.10. The van der Waals surface area contributed by atoms with Crippen molar-refractivity contribution in [2.75, 3.05) is 13.1 Å². The minimum absolute atomic E-state index is 0.0195. The van der Waals surface area contributed by atoms with E-state index in [1.165, 1.54) is 10.9 Å². The van der Waals surface area contributed by atoms with Gasteiger partial charge in [-0.3, -0.25) is 9.48 Å². The van der Waals surface area contributed by atoms with Gasteiger partial charge in [0.25, 0.3) is 0 Å². The van der Waals surface area contributed by atoms with Crippen molar-refractivity contribution in [3.8, 4) is 0 Å². The van der Waals surface area contributed by atoms with Gasteiger partial charge >= 0.3 is 5.97 Å². The van der Waals surface area contributed by atoms with Crippen LogP contribution in [0.2, 0.25) is 0 Å². The van der Waals surface area contributed by atoms with Crippen molar-refractivity contribution < 1.29 is 14.7 Å². The number of aromatic nitrogens is 3. The van der Waals surface area contributed by atoms with Crippen LogP contribution in [0, 0.1) is 0 Å². The van der Waals surface area contributed by atoms with E-state index in [1.54, 1.807) is 0 Å². The van der Waals surface area contributed by atoms with Crippen molar-refractivity contribution >= 4 is 11.9 Å².